The average Bonchev–Trinajstić information content (AvgIpc) is 3.07. The molecule has 164 valence electrons. The van der Waals surface area contributed by atoms with E-state index in [1.807, 2.05) is 6.92 Å². The Morgan fingerprint density at radius 2 is 2.06 bits per heavy atom. The van der Waals surface area contributed by atoms with Gasteiger partial charge in [-0.05, 0) is 68.1 Å². The summed E-state index contributed by atoms with van der Waals surface area (Å²) in [6, 6.07) is 7.05. The number of hydrogen-bond donors (Lipinski definition) is 1. The normalized spacial score (nSPS) is 19.9. The molecule has 2 aromatic rings. The lowest BCUT2D eigenvalue weighted by Gasteiger charge is -2.31. The molecule has 6 heteroatoms. The summed E-state index contributed by atoms with van der Waals surface area (Å²) in [5.74, 6) is 2.55. The highest BCUT2D eigenvalue weighted by Crippen LogP contribution is 2.43. The molecule has 2 aromatic carbocycles. The number of phenolic OH excluding ortho intramolecular Hbond substituents is 1. The molecule has 0 saturated carbocycles. The maximum absolute atomic E-state index is 13.2. The van der Waals surface area contributed by atoms with Crippen LogP contribution in [0.2, 0.25) is 0 Å². The lowest BCUT2D eigenvalue weighted by molar-refractivity contribution is 0.101. The minimum Gasteiger partial charge on any atom is -0.507 e. The molecule has 31 heavy (non-hydrogen) atoms. The third kappa shape index (κ3) is 4.12. The lowest BCUT2D eigenvalue weighted by atomic mass is 9.97. The van der Waals surface area contributed by atoms with Crippen molar-refractivity contribution in [2.24, 2.45) is 5.92 Å². The van der Waals surface area contributed by atoms with E-state index in [4.69, 9.17) is 14.2 Å². The Labute approximate surface area is 183 Å². The molecule has 0 amide bonds. The van der Waals surface area contributed by atoms with Gasteiger partial charge in [0.15, 0.2) is 5.76 Å². The van der Waals surface area contributed by atoms with Gasteiger partial charge in [-0.2, -0.15) is 0 Å². The second kappa shape index (κ2) is 8.63. The molecule has 2 aliphatic heterocycles. The second-order valence-electron chi connectivity index (χ2n) is 8.43. The summed E-state index contributed by atoms with van der Waals surface area (Å²) in [7, 11) is 3.17. The first-order chi connectivity index (χ1) is 14.9. The largest absolute Gasteiger partial charge is 0.507 e. The number of allylic oxidation sites excluding steroid dienone is 1. The summed E-state index contributed by atoms with van der Waals surface area (Å²) in [6.45, 7) is 6.57. The molecule has 1 saturated heterocycles. The monoisotopic (exact) mass is 423 g/mol. The molecule has 2 heterocycles. The van der Waals surface area contributed by atoms with Crippen molar-refractivity contribution >= 4 is 11.9 Å². The SMILES string of the molecule is COc1ccc(OC)c(/C=C2/Oc3c(CN4CCCC(C)C4)c(O)cc(C)c3C2=O)c1. The number of aromatic hydroxyl groups is 1. The van der Waals surface area contributed by atoms with Crippen molar-refractivity contribution in [1.29, 1.82) is 0 Å². The number of nitrogens with zero attached hydrogens (tertiary/aromatic N) is 1. The summed E-state index contributed by atoms with van der Waals surface area (Å²) in [6.07, 6.45) is 4.03. The highest BCUT2D eigenvalue weighted by molar-refractivity contribution is 6.16. The first kappa shape index (κ1) is 21.2. The van der Waals surface area contributed by atoms with Gasteiger partial charge in [0.2, 0.25) is 5.78 Å². The fraction of sp³-hybridized carbons (Fsp3) is 0.400. The van der Waals surface area contributed by atoms with E-state index in [0.717, 1.165) is 19.5 Å². The van der Waals surface area contributed by atoms with Gasteiger partial charge in [-0.15, -0.1) is 0 Å². The Hall–Kier alpha value is -2.99. The summed E-state index contributed by atoms with van der Waals surface area (Å²) >= 11 is 0. The number of benzene rings is 2. The number of fused-ring (bicyclic) bond motifs is 1. The van der Waals surface area contributed by atoms with Crippen LogP contribution in [-0.2, 0) is 6.54 Å². The van der Waals surface area contributed by atoms with Crippen LogP contribution < -0.4 is 14.2 Å². The topological polar surface area (TPSA) is 68.2 Å². The molecule has 2 aliphatic rings. The Morgan fingerprint density at radius 1 is 1.26 bits per heavy atom. The zero-order valence-electron chi connectivity index (χ0n) is 18.5. The summed E-state index contributed by atoms with van der Waals surface area (Å²) in [5.41, 5.74) is 2.58. The minimum absolute atomic E-state index is 0.169. The Balaban J connectivity index is 1.71. The smallest absolute Gasteiger partial charge is 0.232 e. The van der Waals surface area contributed by atoms with E-state index in [-0.39, 0.29) is 17.3 Å². The number of ketones is 1. The van der Waals surface area contributed by atoms with E-state index >= 15 is 0 Å². The molecule has 0 spiro atoms. The number of phenols is 1. The number of hydrogen-bond acceptors (Lipinski definition) is 6. The maximum Gasteiger partial charge on any atom is 0.232 e. The Kier molecular flexibility index (Phi) is 5.92. The predicted octanol–water partition coefficient (Wildman–Crippen LogP) is 4.57. The van der Waals surface area contributed by atoms with Crippen LogP contribution in [0, 0.1) is 12.8 Å². The quantitative estimate of drug-likeness (QED) is 0.711. The molecule has 4 rings (SSSR count). The van der Waals surface area contributed by atoms with Crippen LogP contribution in [0.15, 0.2) is 30.0 Å². The number of carbonyl (C=O) groups is 1. The van der Waals surface area contributed by atoms with Crippen LogP contribution in [0.4, 0.5) is 0 Å². The van der Waals surface area contributed by atoms with Crippen molar-refractivity contribution in [3.05, 3.63) is 52.3 Å². The number of aryl methyl sites for hydroxylation is 1. The maximum atomic E-state index is 13.2. The molecule has 0 aliphatic carbocycles. The highest BCUT2D eigenvalue weighted by Gasteiger charge is 2.34. The molecule has 0 aromatic heterocycles. The van der Waals surface area contributed by atoms with E-state index in [0.29, 0.717) is 52.0 Å². The van der Waals surface area contributed by atoms with Crippen LogP contribution in [0.5, 0.6) is 23.0 Å². The molecule has 1 unspecified atom stereocenters. The number of carbonyl (C=O) groups excluding carboxylic acids is 1. The fourth-order valence-corrected chi connectivity index (χ4v) is 4.48. The van der Waals surface area contributed by atoms with Crippen molar-refractivity contribution in [3.8, 4) is 23.0 Å². The van der Waals surface area contributed by atoms with Gasteiger partial charge in [-0.1, -0.05) is 6.92 Å². The minimum atomic E-state index is -0.189. The average molecular weight is 424 g/mol. The summed E-state index contributed by atoms with van der Waals surface area (Å²) < 4.78 is 16.8. The highest BCUT2D eigenvalue weighted by atomic mass is 16.5. The molecule has 1 fully saturated rings. The number of ether oxygens (including phenoxy) is 3. The molecule has 0 radical (unpaired) electrons. The van der Waals surface area contributed by atoms with Gasteiger partial charge in [-0.3, -0.25) is 9.69 Å². The van der Waals surface area contributed by atoms with Gasteiger partial charge in [0.25, 0.3) is 0 Å². The van der Waals surface area contributed by atoms with E-state index < -0.39 is 0 Å². The summed E-state index contributed by atoms with van der Waals surface area (Å²) in [5, 5.41) is 10.7. The predicted molar refractivity (Wildman–Crippen MR) is 119 cm³/mol. The molecule has 1 atom stereocenters. The van der Waals surface area contributed by atoms with Gasteiger partial charge >= 0.3 is 0 Å². The van der Waals surface area contributed by atoms with E-state index in [2.05, 4.69) is 11.8 Å². The van der Waals surface area contributed by atoms with E-state index in [1.165, 1.54) is 6.42 Å². The zero-order valence-corrected chi connectivity index (χ0v) is 18.5. The van der Waals surface area contributed by atoms with Gasteiger partial charge in [0.05, 0.1) is 25.3 Å². The van der Waals surface area contributed by atoms with Crippen molar-refractivity contribution in [2.75, 3.05) is 27.3 Å². The van der Waals surface area contributed by atoms with Crippen molar-refractivity contribution in [3.63, 3.8) is 0 Å². The van der Waals surface area contributed by atoms with Crippen LogP contribution in [-0.4, -0.2) is 43.1 Å². The molecular weight excluding hydrogens is 394 g/mol. The van der Waals surface area contributed by atoms with Crippen LogP contribution in [0.3, 0.4) is 0 Å². The van der Waals surface area contributed by atoms with Crippen molar-refractivity contribution in [1.82, 2.24) is 4.90 Å². The zero-order chi connectivity index (χ0) is 22.1. The van der Waals surface area contributed by atoms with Crippen LogP contribution in [0.25, 0.3) is 6.08 Å². The van der Waals surface area contributed by atoms with Crippen LogP contribution >= 0.6 is 0 Å². The number of rotatable bonds is 5. The number of Topliss-reactive ketones (excluding diaryl/α,β-unsaturated/α-hetero) is 1. The third-order valence-electron chi connectivity index (χ3n) is 6.07. The van der Waals surface area contributed by atoms with Crippen molar-refractivity contribution in [2.45, 2.75) is 33.2 Å². The van der Waals surface area contributed by atoms with E-state index in [1.54, 1.807) is 44.6 Å². The lowest BCUT2D eigenvalue weighted by Crippen LogP contribution is -2.33. The van der Waals surface area contributed by atoms with Crippen LogP contribution in [0.1, 0.15) is 46.8 Å². The summed E-state index contributed by atoms with van der Waals surface area (Å²) in [4.78, 5) is 15.5. The second-order valence-corrected chi connectivity index (χ2v) is 8.43. The number of piperidine rings is 1. The molecule has 1 N–H and O–H groups in total. The first-order valence-electron chi connectivity index (χ1n) is 10.6. The van der Waals surface area contributed by atoms with Gasteiger partial charge < -0.3 is 19.3 Å². The van der Waals surface area contributed by atoms with E-state index in [9.17, 15) is 9.90 Å². The number of methoxy groups -OCH3 is 2. The van der Waals surface area contributed by atoms with Gasteiger partial charge in [0, 0.05) is 18.7 Å². The molecule has 6 nitrogen and oxygen atoms in total. The first-order valence-corrected chi connectivity index (χ1v) is 10.6. The Bertz CT molecular complexity index is 1040. The molecule has 0 bridgehead atoms. The standard InChI is InChI=1S/C25H29NO5/c1-15-6-5-9-26(13-15)14-19-20(27)10-16(2)23-24(28)22(31-25(19)23)12-17-11-18(29-3)7-8-21(17)30-4/h7-8,10-12,15,27H,5-6,9,13-14H2,1-4H3/b22-12+. The third-order valence-corrected chi connectivity index (χ3v) is 6.07. The number of likely N-dealkylation sites (tertiary alicyclic amines) is 1. The van der Waals surface area contributed by atoms with Gasteiger partial charge in [0.1, 0.15) is 23.0 Å². The van der Waals surface area contributed by atoms with Crippen molar-refractivity contribution < 1.29 is 24.1 Å². The Morgan fingerprint density at radius 3 is 2.77 bits per heavy atom. The molecular formula is C25H29NO5. The fourth-order valence-electron chi connectivity index (χ4n) is 4.48. The van der Waals surface area contributed by atoms with Gasteiger partial charge in [-0.25, -0.2) is 0 Å².